The van der Waals surface area contributed by atoms with Crippen LogP contribution in [0.15, 0.2) is 106 Å². The lowest BCUT2D eigenvalue weighted by atomic mass is 9.93. The molecule has 172 valence electrons. The molecule has 0 aliphatic carbocycles. The van der Waals surface area contributed by atoms with Gasteiger partial charge in [0.15, 0.2) is 0 Å². The van der Waals surface area contributed by atoms with Gasteiger partial charge in [-0.05, 0) is 54.1 Å². The first kappa shape index (κ1) is 21.7. The maximum atomic E-state index is 13.5. The SMILES string of the molecule is O=c1oc2ccccc2c2c1C(c1ccc(Cl)cc1)N(c1ccccn1)C(c1ccc(Cl)cc1)O2. The third kappa shape index (κ3) is 3.83. The molecule has 5 aromatic rings. The van der Waals surface area contributed by atoms with Gasteiger partial charge in [0.2, 0.25) is 6.23 Å². The van der Waals surface area contributed by atoms with Crippen LogP contribution in [0.1, 0.15) is 29.0 Å². The Hall–Kier alpha value is -3.80. The van der Waals surface area contributed by atoms with Crippen LogP contribution < -0.4 is 15.3 Å². The second-order valence-corrected chi connectivity index (χ2v) is 9.07. The van der Waals surface area contributed by atoms with Crippen LogP contribution >= 0.6 is 23.2 Å². The standard InChI is InChI=1S/C28H18Cl2N2O3/c29-19-12-8-17(9-13-19)25-24-26(21-5-1-2-6-22(21)34-28(24)33)35-27(18-10-14-20(30)15-11-18)32(25)23-7-3-4-16-31-23/h1-16,25,27H. The lowest BCUT2D eigenvalue weighted by molar-refractivity contribution is 0.168. The summed E-state index contributed by atoms with van der Waals surface area (Å²) in [7, 11) is 0. The van der Waals surface area contributed by atoms with Gasteiger partial charge in [-0.15, -0.1) is 0 Å². The number of hydrogen-bond acceptors (Lipinski definition) is 5. The fourth-order valence-corrected chi connectivity index (χ4v) is 4.78. The first-order valence-corrected chi connectivity index (χ1v) is 11.8. The molecule has 2 aromatic heterocycles. The summed E-state index contributed by atoms with van der Waals surface area (Å²) in [6.45, 7) is 0. The third-order valence-corrected chi connectivity index (χ3v) is 6.59. The van der Waals surface area contributed by atoms with Crippen LogP contribution in [-0.4, -0.2) is 4.98 Å². The highest BCUT2D eigenvalue weighted by Gasteiger charge is 2.42. The van der Waals surface area contributed by atoms with Crippen molar-refractivity contribution in [3.8, 4) is 5.75 Å². The number of benzene rings is 3. The van der Waals surface area contributed by atoms with Crippen LogP contribution in [0.5, 0.6) is 5.75 Å². The molecule has 0 spiro atoms. The number of hydrogen-bond donors (Lipinski definition) is 0. The van der Waals surface area contributed by atoms with Crippen LogP contribution in [0.25, 0.3) is 11.0 Å². The zero-order valence-corrected chi connectivity index (χ0v) is 19.8. The van der Waals surface area contributed by atoms with E-state index in [0.29, 0.717) is 32.8 Å². The van der Waals surface area contributed by atoms with Crippen LogP contribution in [0.2, 0.25) is 10.0 Å². The van der Waals surface area contributed by atoms with Gasteiger partial charge in [-0.2, -0.15) is 0 Å². The van der Waals surface area contributed by atoms with Crippen molar-refractivity contribution in [3.05, 3.63) is 134 Å². The predicted octanol–water partition coefficient (Wildman–Crippen LogP) is 7.18. The zero-order chi connectivity index (χ0) is 23.9. The minimum Gasteiger partial charge on any atom is -0.465 e. The number of ether oxygens (including phenoxy) is 1. The van der Waals surface area contributed by atoms with Gasteiger partial charge in [0, 0.05) is 21.8 Å². The van der Waals surface area contributed by atoms with Gasteiger partial charge in [0.25, 0.3) is 0 Å². The van der Waals surface area contributed by atoms with Crippen molar-refractivity contribution in [3.63, 3.8) is 0 Å². The number of pyridine rings is 1. The summed E-state index contributed by atoms with van der Waals surface area (Å²) in [4.78, 5) is 20.1. The number of rotatable bonds is 3. The molecule has 1 aliphatic rings. The summed E-state index contributed by atoms with van der Waals surface area (Å²) < 4.78 is 12.4. The van der Waals surface area contributed by atoms with E-state index in [-0.39, 0.29) is 0 Å². The minimum atomic E-state index is -0.597. The number of halogens is 2. The number of aromatic nitrogens is 1. The van der Waals surface area contributed by atoms with E-state index in [1.807, 2.05) is 89.8 Å². The molecule has 0 bridgehead atoms. The van der Waals surface area contributed by atoms with Gasteiger partial charge >= 0.3 is 5.63 Å². The molecular weight excluding hydrogens is 483 g/mol. The Balaban J connectivity index is 1.68. The molecule has 1 aliphatic heterocycles. The molecule has 0 saturated heterocycles. The van der Waals surface area contributed by atoms with Crippen LogP contribution in [0, 0.1) is 0 Å². The molecule has 0 N–H and O–H groups in total. The molecule has 0 fully saturated rings. The number of nitrogens with zero attached hydrogens (tertiary/aromatic N) is 2. The van der Waals surface area contributed by atoms with Crippen molar-refractivity contribution < 1.29 is 9.15 Å². The highest BCUT2D eigenvalue weighted by molar-refractivity contribution is 6.30. The molecule has 0 amide bonds. The second-order valence-electron chi connectivity index (χ2n) is 8.20. The Kier molecular flexibility index (Phi) is 5.44. The first-order valence-electron chi connectivity index (χ1n) is 11.0. The van der Waals surface area contributed by atoms with Gasteiger partial charge in [-0.1, -0.05) is 65.7 Å². The minimum absolute atomic E-state index is 0.405. The monoisotopic (exact) mass is 500 g/mol. The quantitative estimate of drug-likeness (QED) is 0.245. The van der Waals surface area contributed by atoms with Gasteiger partial charge in [0.1, 0.15) is 22.7 Å². The normalized spacial score (nSPS) is 17.1. The smallest absolute Gasteiger partial charge is 0.345 e. The van der Waals surface area contributed by atoms with Crippen LogP contribution in [0.3, 0.4) is 0 Å². The van der Waals surface area contributed by atoms with E-state index in [1.165, 1.54) is 0 Å². The predicted molar refractivity (Wildman–Crippen MR) is 137 cm³/mol. The van der Waals surface area contributed by atoms with E-state index in [0.717, 1.165) is 16.5 Å². The fourth-order valence-electron chi connectivity index (χ4n) is 4.53. The first-order chi connectivity index (χ1) is 17.1. The molecular formula is C28H18Cl2N2O3. The molecule has 5 nitrogen and oxygen atoms in total. The zero-order valence-electron chi connectivity index (χ0n) is 18.3. The summed E-state index contributed by atoms with van der Waals surface area (Å²) >= 11 is 12.4. The molecule has 0 saturated carbocycles. The summed E-state index contributed by atoms with van der Waals surface area (Å²) in [6, 6.07) is 27.4. The van der Waals surface area contributed by atoms with Crippen molar-refractivity contribution in [1.29, 1.82) is 0 Å². The summed E-state index contributed by atoms with van der Waals surface area (Å²) in [5, 5.41) is 1.95. The highest BCUT2D eigenvalue weighted by atomic mass is 35.5. The average molecular weight is 501 g/mol. The summed E-state index contributed by atoms with van der Waals surface area (Å²) in [6.07, 6.45) is 1.12. The molecule has 2 atom stereocenters. The average Bonchev–Trinajstić information content (AvgIpc) is 2.89. The van der Waals surface area contributed by atoms with E-state index in [1.54, 1.807) is 12.3 Å². The Morgan fingerprint density at radius 1 is 0.771 bits per heavy atom. The molecule has 35 heavy (non-hydrogen) atoms. The Bertz CT molecular complexity index is 1570. The Morgan fingerprint density at radius 2 is 1.43 bits per heavy atom. The van der Waals surface area contributed by atoms with Crippen LogP contribution in [-0.2, 0) is 0 Å². The number of anilines is 1. The van der Waals surface area contributed by atoms with Gasteiger partial charge in [-0.3, -0.25) is 0 Å². The lowest BCUT2D eigenvalue weighted by Crippen LogP contribution is -2.43. The van der Waals surface area contributed by atoms with Crippen molar-refractivity contribution in [2.45, 2.75) is 12.3 Å². The van der Waals surface area contributed by atoms with Crippen molar-refractivity contribution in [2.75, 3.05) is 4.90 Å². The van der Waals surface area contributed by atoms with E-state index in [2.05, 4.69) is 4.98 Å². The van der Waals surface area contributed by atoms with Crippen LogP contribution in [0.4, 0.5) is 5.82 Å². The number of para-hydroxylation sites is 1. The molecule has 2 unspecified atom stereocenters. The molecule has 0 radical (unpaired) electrons. The molecule has 3 heterocycles. The molecule has 7 heteroatoms. The Labute approximate surface area is 211 Å². The van der Waals surface area contributed by atoms with E-state index in [9.17, 15) is 4.79 Å². The fraction of sp³-hybridized carbons (Fsp3) is 0.0714. The van der Waals surface area contributed by atoms with Gasteiger partial charge in [0.05, 0.1) is 11.4 Å². The second kappa shape index (κ2) is 8.77. The van der Waals surface area contributed by atoms with Gasteiger partial charge < -0.3 is 14.1 Å². The Morgan fingerprint density at radius 3 is 2.11 bits per heavy atom. The highest BCUT2D eigenvalue weighted by Crippen LogP contribution is 2.48. The summed E-state index contributed by atoms with van der Waals surface area (Å²) in [5.41, 5.74) is 2.12. The van der Waals surface area contributed by atoms with E-state index < -0.39 is 17.9 Å². The third-order valence-electron chi connectivity index (χ3n) is 6.09. The maximum Gasteiger partial charge on any atom is 0.345 e. The van der Waals surface area contributed by atoms with Gasteiger partial charge in [-0.25, -0.2) is 9.78 Å². The van der Waals surface area contributed by atoms with Crippen molar-refractivity contribution in [1.82, 2.24) is 4.98 Å². The maximum absolute atomic E-state index is 13.5. The largest absolute Gasteiger partial charge is 0.465 e. The topological polar surface area (TPSA) is 55.6 Å². The van der Waals surface area contributed by atoms with E-state index >= 15 is 0 Å². The molecule has 3 aromatic carbocycles. The lowest BCUT2D eigenvalue weighted by Gasteiger charge is -2.43. The van der Waals surface area contributed by atoms with E-state index in [4.69, 9.17) is 32.4 Å². The number of fused-ring (bicyclic) bond motifs is 3. The summed E-state index contributed by atoms with van der Waals surface area (Å²) in [5.74, 6) is 1.13. The molecule has 6 rings (SSSR count). The van der Waals surface area contributed by atoms with Crippen molar-refractivity contribution in [2.24, 2.45) is 0 Å². The van der Waals surface area contributed by atoms with Crippen molar-refractivity contribution >= 4 is 40.0 Å².